The van der Waals surface area contributed by atoms with Gasteiger partial charge in [0.2, 0.25) is 0 Å². The van der Waals surface area contributed by atoms with E-state index in [0.717, 1.165) is 29.5 Å². The first-order valence-corrected chi connectivity index (χ1v) is 5.11. The van der Waals surface area contributed by atoms with Crippen molar-refractivity contribution in [2.45, 2.75) is 32.2 Å². The SMILES string of the molecule is Cc1cc(Cl)c(O)c(C2(N)CC2)c1C. The number of nitrogens with two attached hydrogens (primary N) is 1. The molecule has 0 unspecified atom stereocenters. The van der Waals surface area contributed by atoms with Crippen molar-refractivity contribution in [1.29, 1.82) is 0 Å². The van der Waals surface area contributed by atoms with Crippen LogP contribution >= 0.6 is 11.6 Å². The first kappa shape index (κ1) is 9.81. The van der Waals surface area contributed by atoms with Gasteiger partial charge in [0.25, 0.3) is 0 Å². The van der Waals surface area contributed by atoms with Crippen LogP contribution < -0.4 is 5.73 Å². The van der Waals surface area contributed by atoms with E-state index >= 15 is 0 Å². The highest BCUT2D eigenvalue weighted by atomic mass is 35.5. The van der Waals surface area contributed by atoms with Crippen LogP contribution in [-0.4, -0.2) is 5.11 Å². The van der Waals surface area contributed by atoms with Gasteiger partial charge in [0.1, 0.15) is 5.75 Å². The summed E-state index contributed by atoms with van der Waals surface area (Å²) in [4.78, 5) is 0. The summed E-state index contributed by atoms with van der Waals surface area (Å²) in [5.41, 5.74) is 8.74. The van der Waals surface area contributed by atoms with Crippen LogP contribution in [0.1, 0.15) is 29.5 Å². The van der Waals surface area contributed by atoms with Crippen molar-refractivity contribution in [3.63, 3.8) is 0 Å². The molecule has 1 aromatic carbocycles. The minimum absolute atomic E-state index is 0.162. The van der Waals surface area contributed by atoms with E-state index in [9.17, 15) is 5.11 Å². The van der Waals surface area contributed by atoms with Crippen molar-refractivity contribution in [3.05, 3.63) is 27.8 Å². The van der Waals surface area contributed by atoms with Crippen LogP contribution in [0.15, 0.2) is 6.07 Å². The number of benzene rings is 1. The Kier molecular flexibility index (Phi) is 2.02. The van der Waals surface area contributed by atoms with Gasteiger partial charge in [0.05, 0.1) is 5.02 Å². The number of hydrogen-bond acceptors (Lipinski definition) is 2. The molecule has 1 aromatic rings. The average Bonchev–Trinajstić information content (AvgIpc) is 2.81. The van der Waals surface area contributed by atoms with Crippen LogP contribution in [0.3, 0.4) is 0 Å². The summed E-state index contributed by atoms with van der Waals surface area (Å²) in [7, 11) is 0. The molecule has 1 aliphatic rings. The van der Waals surface area contributed by atoms with Crippen molar-refractivity contribution in [3.8, 4) is 5.75 Å². The van der Waals surface area contributed by atoms with Gasteiger partial charge in [0.15, 0.2) is 0 Å². The number of phenols is 1. The maximum Gasteiger partial charge on any atom is 0.139 e. The van der Waals surface area contributed by atoms with E-state index in [4.69, 9.17) is 17.3 Å². The molecule has 0 amide bonds. The molecule has 0 bridgehead atoms. The molecule has 0 aromatic heterocycles. The first-order valence-electron chi connectivity index (χ1n) is 4.74. The molecule has 1 aliphatic carbocycles. The molecule has 0 aliphatic heterocycles. The molecule has 3 N–H and O–H groups in total. The maximum atomic E-state index is 9.87. The van der Waals surface area contributed by atoms with E-state index in [1.165, 1.54) is 0 Å². The molecule has 1 fully saturated rings. The summed E-state index contributed by atoms with van der Waals surface area (Å²) in [6.07, 6.45) is 1.86. The Hall–Kier alpha value is -0.730. The minimum atomic E-state index is -0.330. The smallest absolute Gasteiger partial charge is 0.139 e. The number of hydrogen-bond donors (Lipinski definition) is 2. The molecule has 0 spiro atoms. The second-order valence-electron chi connectivity index (χ2n) is 4.18. The Labute approximate surface area is 88.7 Å². The summed E-state index contributed by atoms with van der Waals surface area (Å²) in [6, 6.07) is 1.78. The summed E-state index contributed by atoms with van der Waals surface area (Å²) in [5.74, 6) is 0.162. The highest BCUT2D eigenvalue weighted by Gasteiger charge is 2.43. The summed E-state index contributed by atoms with van der Waals surface area (Å²) in [6.45, 7) is 3.96. The van der Waals surface area contributed by atoms with E-state index in [2.05, 4.69) is 0 Å². The third-order valence-electron chi connectivity index (χ3n) is 3.06. The molecule has 2 nitrogen and oxygen atoms in total. The van der Waals surface area contributed by atoms with Crippen molar-refractivity contribution in [2.75, 3.05) is 0 Å². The fourth-order valence-electron chi connectivity index (χ4n) is 1.85. The lowest BCUT2D eigenvalue weighted by Gasteiger charge is -2.17. The number of aryl methyl sites for hydroxylation is 1. The Bertz CT molecular complexity index is 371. The van der Waals surface area contributed by atoms with Gasteiger partial charge in [0, 0.05) is 11.1 Å². The van der Waals surface area contributed by atoms with Crippen LogP contribution in [0, 0.1) is 13.8 Å². The van der Waals surface area contributed by atoms with E-state index in [1.54, 1.807) is 6.07 Å². The zero-order valence-electron chi connectivity index (χ0n) is 8.39. The number of phenolic OH excluding ortho intramolecular Hbond substituents is 1. The van der Waals surface area contributed by atoms with Gasteiger partial charge in [-0.3, -0.25) is 0 Å². The normalized spacial score (nSPS) is 18.3. The van der Waals surface area contributed by atoms with E-state index in [0.29, 0.717) is 5.02 Å². The summed E-state index contributed by atoms with van der Waals surface area (Å²) in [5, 5.41) is 10.3. The topological polar surface area (TPSA) is 46.2 Å². The Morgan fingerprint density at radius 3 is 2.50 bits per heavy atom. The fourth-order valence-corrected chi connectivity index (χ4v) is 2.11. The van der Waals surface area contributed by atoms with Crippen LogP contribution in [0.4, 0.5) is 0 Å². The lowest BCUT2D eigenvalue weighted by Crippen LogP contribution is -2.20. The van der Waals surface area contributed by atoms with Gasteiger partial charge in [-0.15, -0.1) is 0 Å². The van der Waals surface area contributed by atoms with Crippen LogP contribution in [0.5, 0.6) is 5.75 Å². The quantitative estimate of drug-likeness (QED) is 0.750. The van der Waals surface area contributed by atoms with Crippen LogP contribution in [0.25, 0.3) is 0 Å². The lowest BCUT2D eigenvalue weighted by molar-refractivity contribution is 0.458. The lowest BCUT2D eigenvalue weighted by atomic mass is 9.95. The van der Waals surface area contributed by atoms with Gasteiger partial charge in [-0.2, -0.15) is 0 Å². The molecule has 14 heavy (non-hydrogen) atoms. The van der Waals surface area contributed by atoms with E-state index in [-0.39, 0.29) is 11.3 Å². The van der Waals surface area contributed by atoms with Crippen molar-refractivity contribution >= 4 is 11.6 Å². The number of rotatable bonds is 1. The van der Waals surface area contributed by atoms with Gasteiger partial charge >= 0.3 is 0 Å². The summed E-state index contributed by atoms with van der Waals surface area (Å²) >= 11 is 5.92. The number of aromatic hydroxyl groups is 1. The van der Waals surface area contributed by atoms with E-state index < -0.39 is 0 Å². The molecule has 0 radical (unpaired) electrons. The maximum absolute atomic E-state index is 9.87. The molecule has 1 saturated carbocycles. The van der Waals surface area contributed by atoms with Crippen molar-refractivity contribution in [1.82, 2.24) is 0 Å². The highest BCUT2D eigenvalue weighted by Crippen LogP contribution is 2.50. The molecule has 0 atom stereocenters. The molecule has 0 saturated heterocycles. The minimum Gasteiger partial charge on any atom is -0.506 e. The van der Waals surface area contributed by atoms with Crippen LogP contribution in [0.2, 0.25) is 5.02 Å². The van der Waals surface area contributed by atoms with Gasteiger partial charge in [-0.05, 0) is 43.9 Å². The summed E-state index contributed by atoms with van der Waals surface area (Å²) < 4.78 is 0. The average molecular weight is 212 g/mol. The van der Waals surface area contributed by atoms with Gasteiger partial charge < -0.3 is 10.8 Å². The zero-order chi connectivity index (χ0) is 10.5. The Balaban J connectivity index is 2.68. The standard InChI is InChI=1S/C11H14ClNO/c1-6-5-8(12)10(14)9(7(6)2)11(13)3-4-11/h5,14H,3-4,13H2,1-2H3. The van der Waals surface area contributed by atoms with Gasteiger partial charge in [-0.25, -0.2) is 0 Å². The van der Waals surface area contributed by atoms with Gasteiger partial charge in [-0.1, -0.05) is 11.6 Å². The Morgan fingerprint density at radius 2 is 2.00 bits per heavy atom. The third kappa shape index (κ3) is 1.30. The monoisotopic (exact) mass is 211 g/mol. The van der Waals surface area contributed by atoms with Crippen molar-refractivity contribution < 1.29 is 5.11 Å². The predicted molar refractivity (Wildman–Crippen MR) is 57.7 cm³/mol. The zero-order valence-corrected chi connectivity index (χ0v) is 9.15. The highest BCUT2D eigenvalue weighted by molar-refractivity contribution is 6.32. The molecular formula is C11H14ClNO. The third-order valence-corrected chi connectivity index (χ3v) is 3.35. The first-order chi connectivity index (χ1) is 6.46. The van der Waals surface area contributed by atoms with E-state index in [1.807, 2.05) is 13.8 Å². The Morgan fingerprint density at radius 1 is 1.43 bits per heavy atom. The molecular weight excluding hydrogens is 198 g/mol. The predicted octanol–water partition coefficient (Wildman–Crippen LogP) is 2.61. The second kappa shape index (κ2) is 2.88. The molecule has 2 rings (SSSR count). The fraction of sp³-hybridized carbons (Fsp3) is 0.455. The number of halogens is 1. The van der Waals surface area contributed by atoms with Crippen molar-refractivity contribution in [2.24, 2.45) is 5.73 Å². The molecule has 0 heterocycles. The molecule has 3 heteroatoms. The van der Waals surface area contributed by atoms with Crippen LogP contribution in [-0.2, 0) is 5.54 Å². The molecule has 76 valence electrons. The largest absolute Gasteiger partial charge is 0.506 e. The second-order valence-corrected chi connectivity index (χ2v) is 4.59.